The fraction of sp³-hybridized carbons (Fsp3) is 0.450. The molecule has 0 saturated carbocycles. The molecular weight excluding hydrogens is 344 g/mol. The monoisotopic (exact) mass is 370 g/mol. The van der Waals surface area contributed by atoms with E-state index in [0.29, 0.717) is 23.7 Å². The van der Waals surface area contributed by atoms with Gasteiger partial charge in [0.25, 0.3) is 5.91 Å². The van der Waals surface area contributed by atoms with Crippen LogP contribution in [-0.4, -0.2) is 43.2 Å². The first kappa shape index (κ1) is 18.9. The largest absolute Gasteiger partial charge is 0.493 e. The summed E-state index contributed by atoms with van der Waals surface area (Å²) in [7, 11) is 3.18. The normalized spacial score (nSPS) is 14.4. The smallest absolute Gasteiger partial charge is 0.271 e. The second-order valence-electron chi connectivity index (χ2n) is 6.53. The lowest BCUT2D eigenvalue weighted by molar-refractivity contribution is 0.0945. The van der Waals surface area contributed by atoms with E-state index in [0.717, 1.165) is 24.5 Å². The minimum absolute atomic E-state index is 0.250. The number of amides is 1. The van der Waals surface area contributed by atoms with Crippen LogP contribution in [0.3, 0.4) is 0 Å². The summed E-state index contributed by atoms with van der Waals surface area (Å²) in [5, 5.41) is 2.86. The summed E-state index contributed by atoms with van der Waals surface area (Å²) in [5.74, 6) is 1.88. The number of carbonyl (C=O) groups excluding carboxylic acids is 1. The van der Waals surface area contributed by atoms with Crippen LogP contribution in [0, 0.1) is 0 Å². The molecule has 7 nitrogen and oxygen atoms in total. The Bertz CT molecular complexity index is 756. The van der Waals surface area contributed by atoms with Crippen molar-refractivity contribution in [1.29, 1.82) is 0 Å². The molecule has 144 valence electrons. The summed E-state index contributed by atoms with van der Waals surface area (Å²) in [5.41, 5.74) is 1.23. The van der Waals surface area contributed by atoms with Crippen molar-refractivity contribution in [1.82, 2.24) is 15.3 Å². The van der Waals surface area contributed by atoms with E-state index in [9.17, 15) is 4.79 Å². The van der Waals surface area contributed by atoms with Crippen LogP contribution in [0.25, 0.3) is 0 Å². The molecule has 1 saturated heterocycles. The Morgan fingerprint density at radius 3 is 2.41 bits per heavy atom. The van der Waals surface area contributed by atoms with E-state index >= 15 is 0 Å². The quantitative estimate of drug-likeness (QED) is 0.843. The average molecular weight is 370 g/mol. The highest BCUT2D eigenvalue weighted by Gasteiger charge is 2.14. The van der Waals surface area contributed by atoms with Crippen LogP contribution in [0.1, 0.15) is 41.7 Å². The minimum atomic E-state index is -0.250. The number of rotatable bonds is 6. The van der Waals surface area contributed by atoms with Gasteiger partial charge in [-0.3, -0.25) is 4.79 Å². The van der Waals surface area contributed by atoms with Crippen LogP contribution in [0.2, 0.25) is 0 Å². The second kappa shape index (κ2) is 9.21. The van der Waals surface area contributed by atoms with Crippen molar-refractivity contribution in [2.75, 3.05) is 32.2 Å². The van der Waals surface area contributed by atoms with E-state index in [2.05, 4.69) is 20.2 Å². The van der Waals surface area contributed by atoms with Crippen LogP contribution >= 0.6 is 0 Å². The highest BCUT2D eigenvalue weighted by molar-refractivity contribution is 5.92. The van der Waals surface area contributed by atoms with Gasteiger partial charge in [0.2, 0.25) is 0 Å². The molecule has 0 radical (unpaired) electrons. The zero-order valence-corrected chi connectivity index (χ0v) is 15.9. The van der Waals surface area contributed by atoms with Gasteiger partial charge in [-0.15, -0.1) is 0 Å². The number of carbonyl (C=O) groups is 1. The van der Waals surface area contributed by atoms with Gasteiger partial charge < -0.3 is 19.7 Å². The van der Waals surface area contributed by atoms with E-state index in [1.807, 2.05) is 18.2 Å². The molecule has 0 bridgehead atoms. The van der Waals surface area contributed by atoms with Gasteiger partial charge in [-0.2, -0.15) is 0 Å². The standard InChI is InChI=1S/C20H26N4O3/c1-26-17-8-7-15(11-18(17)27-2)12-23-20(25)16-13-22-19(14-21-16)24-9-5-3-4-6-10-24/h7-8,11,13-14H,3-6,9-10,12H2,1-2H3,(H,23,25). The van der Waals surface area contributed by atoms with Crippen LogP contribution < -0.4 is 19.7 Å². The molecule has 1 amide bonds. The number of hydrogen-bond acceptors (Lipinski definition) is 6. The molecule has 1 aromatic heterocycles. The van der Waals surface area contributed by atoms with Gasteiger partial charge in [0.15, 0.2) is 11.5 Å². The van der Waals surface area contributed by atoms with Crippen molar-refractivity contribution in [3.8, 4) is 11.5 Å². The molecule has 0 atom stereocenters. The number of methoxy groups -OCH3 is 2. The first-order chi connectivity index (χ1) is 13.2. The highest BCUT2D eigenvalue weighted by atomic mass is 16.5. The number of ether oxygens (including phenoxy) is 2. The molecule has 27 heavy (non-hydrogen) atoms. The van der Waals surface area contributed by atoms with E-state index in [1.165, 1.54) is 25.7 Å². The summed E-state index contributed by atoms with van der Waals surface area (Å²) in [4.78, 5) is 23.3. The topological polar surface area (TPSA) is 76.6 Å². The fourth-order valence-corrected chi connectivity index (χ4v) is 3.17. The summed E-state index contributed by atoms with van der Waals surface area (Å²) >= 11 is 0. The second-order valence-corrected chi connectivity index (χ2v) is 6.53. The molecular formula is C20H26N4O3. The molecule has 1 aliphatic heterocycles. The van der Waals surface area contributed by atoms with Gasteiger partial charge in [-0.1, -0.05) is 18.9 Å². The maximum absolute atomic E-state index is 12.4. The van der Waals surface area contributed by atoms with Gasteiger partial charge in [-0.05, 0) is 30.5 Å². The summed E-state index contributed by atoms with van der Waals surface area (Å²) in [6, 6.07) is 5.54. The van der Waals surface area contributed by atoms with E-state index < -0.39 is 0 Å². The fourth-order valence-electron chi connectivity index (χ4n) is 3.17. The Labute approximate surface area is 159 Å². The summed E-state index contributed by atoms with van der Waals surface area (Å²) < 4.78 is 10.5. The maximum atomic E-state index is 12.4. The molecule has 1 fully saturated rings. The minimum Gasteiger partial charge on any atom is -0.493 e. The Balaban J connectivity index is 1.59. The van der Waals surface area contributed by atoms with Gasteiger partial charge in [-0.25, -0.2) is 9.97 Å². The van der Waals surface area contributed by atoms with Crippen molar-refractivity contribution < 1.29 is 14.3 Å². The predicted octanol–water partition coefficient (Wildman–Crippen LogP) is 2.80. The first-order valence-electron chi connectivity index (χ1n) is 9.27. The Morgan fingerprint density at radius 2 is 1.78 bits per heavy atom. The molecule has 0 aliphatic carbocycles. The molecule has 2 aromatic rings. The predicted molar refractivity (Wildman–Crippen MR) is 103 cm³/mol. The van der Waals surface area contributed by atoms with Crippen LogP contribution in [0.5, 0.6) is 11.5 Å². The number of aromatic nitrogens is 2. The number of hydrogen-bond donors (Lipinski definition) is 1. The number of benzene rings is 1. The number of nitrogens with one attached hydrogen (secondary N) is 1. The third-order valence-electron chi connectivity index (χ3n) is 4.70. The maximum Gasteiger partial charge on any atom is 0.271 e. The summed E-state index contributed by atoms with van der Waals surface area (Å²) in [6.07, 6.45) is 8.12. The lowest BCUT2D eigenvalue weighted by atomic mass is 10.2. The Hall–Kier alpha value is -2.83. The van der Waals surface area contributed by atoms with Crippen LogP contribution in [-0.2, 0) is 6.54 Å². The molecule has 2 heterocycles. The Morgan fingerprint density at radius 1 is 1.04 bits per heavy atom. The number of anilines is 1. The zero-order valence-electron chi connectivity index (χ0n) is 15.9. The van der Waals surface area contributed by atoms with E-state index in [4.69, 9.17) is 9.47 Å². The molecule has 1 N–H and O–H groups in total. The first-order valence-corrected chi connectivity index (χ1v) is 9.27. The van der Waals surface area contributed by atoms with Gasteiger partial charge >= 0.3 is 0 Å². The van der Waals surface area contributed by atoms with Crippen molar-refractivity contribution in [3.05, 3.63) is 41.9 Å². The zero-order chi connectivity index (χ0) is 19.1. The van der Waals surface area contributed by atoms with Crippen LogP contribution in [0.15, 0.2) is 30.6 Å². The SMILES string of the molecule is COc1ccc(CNC(=O)c2cnc(N3CCCCCC3)cn2)cc1OC. The van der Waals surface area contributed by atoms with Crippen molar-refractivity contribution in [2.24, 2.45) is 0 Å². The number of nitrogens with zero attached hydrogens (tertiary/aromatic N) is 3. The van der Waals surface area contributed by atoms with Crippen molar-refractivity contribution >= 4 is 11.7 Å². The van der Waals surface area contributed by atoms with Crippen molar-refractivity contribution in [3.63, 3.8) is 0 Å². The van der Waals surface area contributed by atoms with Crippen LogP contribution in [0.4, 0.5) is 5.82 Å². The molecule has 7 heteroatoms. The average Bonchev–Trinajstić information content (AvgIpc) is 3.01. The Kier molecular flexibility index (Phi) is 6.46. The van der Waals surface area contributed by atoms with Crippen molar-refractivity contribution in [2.45, 2.75) is 32.2 Å². The third-order valence-corrected chi connectivity index (χ3v) is 4.70. The molecule has 3 rings (SSSR count). The highest BCUT2D eigenvalue weighted by Crippen LogP contribution is 2.27. The lowest BCUT2D eigenvalue weighted by Crippen LogP contribution is -2.27. The van der Waals surface area contributed by atoms with Gasteiger partial charge in [0.1, 0.15) is 11.5 Å². The lowest BCUT2D eigenvalue weighted by Gasteiger charge is -2.20. The van der Waals surface area contributed by atoms with Gasteiger partial charge in [0.05, 0.1) is 26.6 Å². The molecule has 0 spiro atoms. The third kappa shape index (κ3) is 4.87. The molecule has 0 unspecified atom stereocenters. The summed E-state index contributed by atoms with van der Waals surface area (Å²) in [6.45, 7) is 2.37. The van der Waals surface area contributed by atoms with E-state index in [1.54, 1.807) is 26.6 Å². The van der Waals surface area contributed by atoms with E-state index in [-0.39, 0.29) is 5.91 Å². The molecule has 1 aromatic carbocycles. The molecule has 1 aliphatic rings. The van der Waals surface area contributed by atoms with Gasteiger partial charge in [0, 0.05) is 19.6 Å².